The number of nitrogens with two attached hydrogens (primary N) is 1. The van der Waals surface area contributed by atoms with E-state index in [-0.39, 0.29) is 6.10 Å². The minimum atomic E-state index is -3.53. The van der Waals surface area contributed by atoms with Gasteiger partial charge in [0, 0.05) is 25.9 Å². The summed E-state index contributed by atoms with van der Waals surface area (Å²) in [6.45, 7) is 6.62. The zero-order valence-corrected chi connectivity index (χ0v) is 13.9. The number of sulfonamides is 1. The van der Waals surface area contributed by atoms with E-state index in [1.54, 1.807) is 26.2 Å². The lowest BCUT2D eigenvalue weighted by atomic mass is 9.97. The van der Waals surface area contributed by atoms with E-state index in [0.717, 1.165) is 12.0 Å². The first-order chi connectivity index (χ1) is 9.77. The van der Waals surface area contributed by atoms with E-state index in [0.29, 0.717) is 35.2 Å². The highest BCUT2D eigenvalue weighted by Gasteiger charge is 2.34. The van der Waals surface area contributed by atoms with Crippen LogP contribution < -0.4 is 5.73 Å². The Hall–Kier alpha value is -1.11. The molecule has 0 spiro atoms. The molecule has 118 valence electrons. The van der Waals surface area contributed by atoms with E-state index in [1.165, 1.54) is 4.31 Å². The van der Waals surface area contributed by atoms with Crippen LogP contribution in [0.5, 0.6) is 0 Å². The van der Waals surface area contributed by atoms with Gasteiger partial charge in [-0.05, 0) is 49.4 Å². The fraction of sp³-hybridized carbons (Fsp3) is 0.600. The average Bonchev–Trinajstić information content (AvgIpc) is 2.42. The van der Waals surface area contributed by atoms with Crippen LogP contribution in [0.1, 0.15) is 24.5 Å². The molecule has 5 nitrogen and oxygen atoms in total. The largest absolute Gasteiger partial charge is 0.398 e. The van der Waals surface area contributed by atoms with E-state index in [4.69, 9.17) is 10.5 Å². The molecule has 0 bridgehead atoms. The molecule has 1 aromatic carbocycles. The van der Waals surface area contributed by atoms with Crippen molar-refractivity contribution in [2.45, 2.75) is 38.2 Å². The van der Waals surface area contributed by atoms with Gasteiger partial charge in [0.05, 0.1) is 11.0 Å². The molecule has 1 heterocycles. The predicted octanol–water partition coefficient (Wildman–Crippen LogP) is 1.93. The fourth-order valence-corrected chi connectivity index (χ4v) is 4.60. The summed E-state index contributed by atoms with van der Waals surface area (Å²) < 4.78 is 32.7. The smallest absolute Gasteiger partial charge is 0.243 e. The molecule has 2 unspecified atom stereocenters. The second kappa shape index (κ2) is 5.94. The van der Waals surface area contributed by atoms with Gasteiger partial charge in [-0.2, -0.15) is 4.31 Å². The predicted molar refractivity (Wildman–Crippen MR) is 83.7 cm³/mol. The highest BCUT2D eigenvalue weighted by molar-refractivity contribution is 7.89. The van der Waals surface area contributed by atoms with Crippen molar-refractivity contribution in [3.8, 4) is 0 Å². The van der Waals surface area contributed by atoms with E-state index in [1.807, 2.05) is 6.92 Å². The van der Waals surface area contributed by atoms with Gasteiger partial charge in [0.25, 0.3) is 0 Å². The number of hydrogen-bond donors (Lipinski definition) is 1. The number of hydrogen-bond acceptors (Lipinski definition) is 4. The van der Waals surface area contributed by atoms with Crippen molar-refractivity contribution in [2.75, 3.05) is 25.9 Å². The van der Waals surface area contributed by atoms with Gasteiger partial charge in [0.15, 0.2) is 0 Å². The fourth-order valence-electron chi connectivity index (χ4n) is 2.79. The first kappa shape index (κ1) is 16.3. The molecule has 2 N–H and O–H groups in total. The number of rotatable bonds is 3. The van der Waals surface area contributed by atoms with Crippen LogP contribution in [-0.2, 0) is 14.8 Å². The number of anilines is 1. The second-order valence-electron chi connectivity index (χ2n) is 5.88. The summed E-state index contributed by atoms with van der Waals surface area (Å²) >= 11 is 0. The highest BCUT2D eigenvalue weighted by Crippen LogP contribution is 2.29. The Morgan fingerprint density at radius 2 is 2.00 bits per heavy atom. The van der Waals surface area contributed by atoms with Crippen LogP contribution >= 0.6 is 0 Å². The second-order valence-corrected chi connectivity index (χ2v) is 7.79. The van der Waals surface area contributed by atoms with Crippen molar-refractivity contribution in [1.82, 2.24) is 4.31 Å². The van der Waals surface area contributed by atoms with Gasteiger partial charge in [0.2, 0.25) is 10.0 Å². The molecule has 2 atom stereocenters. The van der Waals surface area contributed by atoms with Gasteiger partial charge >= 0.3 is 0 Å². The molecule has 1 fully saturated rings. The van der Waals surface area contributed by atoms with E-state index >= 15 is 0 Å². The van der Waals surface area contributed by atoms with Crippen molar-refractivity contribution in [1.29, 1.82) is 0 Å². The van der Waals surface area contributed by atoms with Crippen molar-refractivity contribution >= 4 is 15.7 Å². The maximum atomic E-state index is 12.9. The first-order valence-corrected chi connectivity index (χ1v) is 8.61. The zero-order chi connectivity index (χ0) is 15.8. The zero-order valence-electron chi connectivity index (χ0n) is 13.1. The third-order valence-corrected chi connectivity index (χ3v) is 6.31. The average molecular weight is 312 g/mol. The van der Waals surface area contributed by atoms with Gasteiger partial charge < -0.3 is 10.5 Å². The van der Waals surface area contributed by atoms with Crippen LogP contribution in [-0.4, -0.2) is 39.0 Å². The molecule has 1 saturated heterocycles. The Morgan fingerprint density at radius 1 is 1.33 bits per heavy atom. The number of methoxy groups -OCH3 is 1. The molecular formula is C15H24N2O3S. The van der Waals surface area contributed by atoms with Gasteiger partial charge in [-0.15, -0.1) is 0 Å². The SMILES string of the molecule is COC1CN(S(=O)(=O)c2cc(C)cc(N)c2C)CCC1C. The lowest BCUT2D eigenvalue weighted by molar-refractivity contribution is 0.0183. The summed E-state index contributed by atoms with van der Waals surface area (Å²) in [5, 5.41) is 0. The van der Waals surface area contributed by atoms with Crippen LogP contribution in [0.15, 0.2) is 17.0 Å². The summed E-state index contributed by atoms with van der Waals surface area (Å²) in [5.74, 6) is 0.366. The molecule has 1 aliphatic rings. The van der Waals surface area contributed by atoms with Crippen molar-refractivity contribution in [2.24, 2.45) is 5.92 Å². The molecule has 2 rings (SSSR count). The lowest BCUT2D eigenvalue weighted by Crippen LogP contribution is -2.46. The third-order valence-electron chi connectivity index (χ3n) is 4.32. The summed E-state index contributed by atoms with van der Waals surface area (Å²) in [6.07, 6.45) is 0.744. The number of nitrogens with zero attached hydrogens (tertiary/aromatic N) is 1. The molecule has 0 aliphatic carbocycles. The maximum absolute atomic E-state index is 12.9. The minimum Gasteiger partial charge on any atom is -0.398 e. The first-order valence-electron chi connectivity index (χ1n) is 7.17. The monoisotopic (exact) mass is 312 g/mol. The molecule has 1 aromatic rings. The van der Waals surface area contributed by atoms with E-state index in [9.17, 15) is 8.42 Å². The highest BCUT2D eigenvalue weighted by atomic mass is 32.2. The van der Waals surface area contributed by atoms with E-state index < -0.39 is 10.0 Å². The number of ether oxygens (including phenoxy) is 1. The van der Waals surface area contributed by atoms with Crippen LogP contribution in [0, 0.1) is 19.8 Å². The van der Waals surface area contributed by atoms with E-state index in [2.05, 4.69) is 6.92 Å². The van der Waals surface area contributed by atoms with Crippen LogP contribution in [0.3, 0.4) is 0 Å². The van der Waals surface area contributed by atoms with Gasteiger partial charge in [0.1, 0.15) is 0 Å². The van der Waals surface area contributed by atoms with Crippen molar-refractivity contribution in [3.05, 3.63) is 23.3 Å². The van der Waals surface area contributed by atoms with Crippen molar-refractivity contribution in [3.63, 3.8) is 0 Å². The lowest BCUT2D eigenvalue weighted by Gasteiger charge is -2.35. The summed E-state index contributed by atoms with van der Waals surface area (Å²) in [7, 11) is -1.90. The van der Waals surface area contributed by atoms with Gasteiger partial charge in [-0.3, -0.25) is 0 Å². The Balaban J connectivity index is 2.39. The number of aryl methyl sites for hydroxylation is 1. The standard InChI is InChI=1S/C15H24N2O3S/c1-10-7-13(16)12(3)15(8-10)21(18,19)17-6-5-11(2)14(9-17)20-4/h7-8,11,14H,5-6,9,16H2,1-4H3. The Bertz CT molecular complexity index is 628. The number of nitrogen functional groups attached to an aromatic ring is 1. The molecule has 0 radical (unpaired) electrons. The van der Waals surface area contributed by atoms with Crippen LogP contribution in [0.2, 0.25) is 0 Å². The number of piperidine rings is 1. The quantitative estimate of drug-likeness (QED) is 0.866. The minimum absolute atomic E-state index is 0.0593. The third kappa shape index (κ3) is 3.07. The summed E-state index contributed by atoms with van der Waals surface area (Å²) in [4.78, 5) is 0.310. The summed E-state index contributed by atoms with van der Waals surface area (Å²) in [5.41, 5.74) is 7.90. The Kier molecular flexibility index (Phi) is 4.60. The molecular weight excluding hydrogens is 288 g/mol. The molecule has 0 aromatic heterocycles. The summed E-state index contributed by atoms with van der Waals surface area (Å²) in [6, 6.07) is 3.49. The normalized spacial score (nSPS) is 24.2. The topological polar surface area (TPSA) is 72.6 Å². The molecule has 0 amide bonds. The van der Waals surface area contributed by atoms with Gasteiger partial charge in [-0.25, -0.2) is 8.42 Å². The Morgan fingerprint density at radius 3 is 2.62 bits per heavy atom. The van der Waals surface area contributed by atoms with Crippen LogP contribution in [0.4, 0.5) is 5.69 Å². The van der Waals surface area contributed by atoms with Crippen molar-refractivity contribution < 1.29 is 13.2 Å². The molecule has 1 aliphatic heterocycles. The van der Waals surface area contributed by atoms with Gasteiger partial charge in [-0.1, -0.05) is 6.92 Å². The molecule has 6 heteroatoms. The Labute approximate surface area is 127 Å². The number of benzene rings is 1. The van der Waals surface area contributed by atoms with Crippen LogP contribution in [0.25, 0.3) is 0 Å². The molecule has 0 saturated carbocycles. The molecule has 21 heavy (non-hydrogen) atoms. The maximum Gasteiger partial charge on any atom is 0.243 e.